The van der Waals surface area contributed by atoms with E-state index < -0.39 is 0 Å². The average molecular weight is 295 g/mol. The third-order valence-corrected chi connectivity index (χ3v) is 5.12. The van der Waals surface area contributed by atoms with Crippen molar-refractivity contribution >= 4 is 5.91 Å². The van der Waals surface area contributed by atoms with Crippen LogP contribution in [0.1, 0.15) is 44.9 Å². The highest BCUT2D eigenvalue weighted by atomic mass is 16.2. The van der Waals surface area contributed by atoms with Gasteiger partial charge < -0.3 is 14.7 Å². The summed E-state index contributed by atoms with van der Waals surface area (Å²) in [6.45, 7) is 4.51. The second-order valence-electron chi connectivity index (χ2n) is 7.28. The van der Waals surface area contributed by atoms with Crippen LogP contribution in [-0.4, -0.2) is 74.0 Å². The highest BCUT2D eigenvalue weighted by Gasteiger charge is 2.30. The number of nitrogens with zero attached hydrogens (tertiary/aromatic N) is 3. The van der Waals surface area contributed by atoms with Gasteiger partial charge in [-0.3, -0.25) is 4.79 Å². The SMILES string of the molecule is CN(C)CCN(C)CC1CCC(N2CCCCC2=O)CC1. The average Bonchev–Trinajstić information content (AvgIpc) is 2.47. The first-order chi connectivity index (χ1) is 10.1. The summed E-state index contributed by atoms with van der Waals surface area (Å²) in [6, 6.07) is 0.543. The molecule has 1 aliphatic heterocycles. The second-order valence-corrected chi connectivity index (χ2v) is 7.28. The normalized spacial score (nSPS) is 27.7. The van der Waals surface area contributed by atoms with Crippen LogP contribution in [-0.2, 0) is 4.79 Å². The molecule has 0 bridgehead atoms. The van der Waals surface area contributed by atoms with Gasteiger partial charge in [0.15, 0.2) is 0 Å². The number of hydrogen-bond acceptors (Lipinski definition) is 3. The Morgan fingerprint density at radius 1 is 1.05 bits per heavy atom. The topological polar surface area (TPSA) is 26.8 Å². The first-order valence-electron chi connectivity index (χ1n) is 8.69. The predicted octanol–water partition coefficient (Wildman–Crippen LogP) is 2.05. The van der Waals surface area contributed by atoms with Crippen LogP contribution >= 0.6 is 0 Å². The van der Waals surface area contributed by atoms with Gasteiger partial charge >= 0.3 is 0 Å². The summed E-state index contributed by atoms with van der Waals surface area (Å²) in [7, 11) is 6.51. The Balaban J connectivity index is 1.69. The Labute approximate surface area is 130 Å². The zero-order valence-corrected chi connectivity index (χ0v) is 14.2. The molecule has 2 rings (SSSR count). The van der Waals surface area contributed by atoms with Crippen molar-refractivity contribution in [3.8, 4) is 0 Å². The number of carbonyl (C=O) groups is 1. The Kier molecular flexibility index (Phi) is 6.49. The van der Waals surface area contributed by atoms with Crippen molar-refractivity contribution in [2.45, 2.75) is 51.0 Å². The van der Waals surface area contributed by atoms with Crippen LogP contribution in [0, 0.1) is 5.92 Å². The lowest BCUT2D eigenvalue weighted by atomic mass is 9.84. The third-order valence-electron chi connectivity index (χ3n) is 5.12. The quantitative estimate of drug-likeness (QED) is 0.750. The molecule has 1 heterocycles. The molecule has 0 unspecified atom stereocenters. The smallest absolute Gasteiger partial charge is 0.222 e. The maximum atomic E-state index is 12.0. The van der Waals surface area contributed by atoms with E-state index in [2.05, 4.69) is 35.8 Å². The summed E-state index contributed by atoms with van der Waals surface area (Å²) in [4.78, 5) is 18.9. The molecule has 0 aromatic heterocycles. The van der Waals surface area contributed by atoms with Crippen molar-refractivity contribution < 1.29 is 4.79 Å². The van der Waals surface area contributed by atoms with Gasteiger partial charge in [0.05, 0.1) is 0 Å². The minimum absolute atomic E-state index is 0.410. The fourth-order valence-electron chi connectivity index (χ4n) is 3.75. The Morgan fingerprint density at radius 3 is 2.38 bits per heavy atom. The molecule has 4 nitrogen and oxygen atoms in total. The van der Waals surface area contributed by atoms with Crippen LogP contribution < -0.4 is 0 Å². The monoisotopic (exact) mass is 295 g/mol. The molecule has 122 valence electrons. The van der Waals surface area contributed by atoms with E-state index in [9.17, 15) is 4.79 Å². The van der Waals surface area contributed by atoms with Crippen molar-refractivity contribution in [3.63, 3.8) is 0 Å². The van der Waals surface area contributed by atoms with Crippen LogP contribution in [0.25, 0.3) is 0 Å². The van der Waals surface area contributed by atoms with E-state index >= 15 is 0 Å². The maximum absolute atomic E-state index is 12.0. The Hall–Kier alpha value is -0.610. The minimum Gasteiger partial charge on any atom is -0.340 e. The molecular formula is C17H33N3O. The summed E-state index contributed by atoms with van der Waals surface area (Å²) in [5.41, 5.74) is 0. The molecule has 2 fully saturated rings. The Morgan fingerprint density at radius 2 is 1.76 bits per heavy atom. The molecule has 0 spiro atoms. The zero-order chi connectivity index (χ0) is 15.2. The molecule has 0 radical (unpaired) electrons. The van der Waals surface area contributed by atoms with Gasteiger partial charge in [-0.15, -0.1) is 0 Å². The summed E-state index contributed by atoms with van der Waals surface area (Å²) < 4.78 is 0. The largest absolute Gasteiger partial charge is 0.340 e. The van der Waals surface area contributed by atoms with Gasteiger partial charge in [-0.05, 0) is 65.6 Å². The predicted molar refractivity (Wildman–Crippen MR) is 87.4 cm³/mol. The molecule has 1 aliphatic carbocycles. The molecule has 0 aromatic rings. The van der Waals surface area contributed by atoms with E-state index in [1.807, 2.05) is 0 Å². The van der Waals surface area contributed by atoms with Gasteiger partial charge in [-0.25, -0.2) is 0 Å². The van der Waals surface area contributed by atoms with E-state index in [0.717, 1.165) is 38.4 Å². The molecule has 4 heteroatoms. The molecule has 2 aliphatic rings. The maximum Gasteiger partial charge on any atom is 0.222 e. The number of rotatable bonds is 6. The van der Waals surface area contributed by atoms with E-state index in [-0.39, 0.29) is 0 Å². The van der Waals surface area contributed by atoms with Gasteiger partial charge in [-0.2, -0.15) is 0 Å². The van der Waals surface area contributed by atoms with Crippen molar-refractivity contribution in [1.29, 1.82) is 0 Å². The minimum atomic E-state index is 0.410. The first kappa shape index (κ1) is 16.8. The van der Waals surface area contributed by atoms with Gasteiger partial charge in [0, 0.05) is 38.6 Å². The highest BCUT2D eigenvalue weighted by Crippen LogP contribution is 2.30. The van der Waals surface area contributed by atoms with Crippen molar-refractivity contribution in [2.75, 3.05) is 47.3 Å². The van der Waals surface area contributed by atoms with E-state index in [1.165, 1.54) is 38.6 Å². The summed E-state index contributed by atoms with van der Waals surface area (Å²) in [6.07, 6.45) is 8.12. The lowest BCUT2D eigenvalue weighted by molar-refractivity contribution is -0.136. The fourth-order valence-corrected chi connectivity index (χ4v) is 3.75. The van der Waals surface area contributed by atoms with Crippen LogP contribution in [0.3, 0.4) is 0 Å². The van der Waals surface area contributed by atoms with Crippen LogP contribution in [0.2, 0.25) is 0 Å². The van der Waals surface area contributed by atoms with Crippen molar-refractivity contribution in [1.82, 2.24) is 14.7 Å². The number of hydrogen-bond donors (Lipinski definition) is 0. The second kappa shape index (κ2) is 8.14. The lowest BCUT2D eigenvalue weighted by Gasteiger charge is -2.39. The molecule has 0 aromatic carbocycles. The molecular weight excluding hydrogens is 262 g/mol. The number of likely N-dealkylation sites (N-methyl/N-ethyl adjacent to an activating group) is 2. The number of amides is 1. The van der Waals surface area contributed by atoms with E-state index in [0.29, 0.717) is 11.9 Å². The third kappa shape index (κ3) is 5.26. The van der Waals surface area contributed by atoms with E-state index in [1.54, 1.807) is 0 Å². The molecule has 1 saturated carbocycles. The summed E-state index contributed by atoms with van der Waals surface area (Å²) >= 11 is 0. The van der Waals surface area contributed by atoms with Crippen LogP contribution in [0.5, 0.6) is 0 Å². The standard InChI is InChI=1S/C17H33N3O/c1-18(2)12-13-19(3)14-15-7-9-16(10-8-15)20-11-5-4-6-17(20)21/h15-16H,4-14H2,1-3H3. The Bertz CT molecular complexity index is 324. The number of carbonyl (C=O) groups excluding carboxylic acids is 1. The number of likely N-dealkylation sites (tertiary alicyclic amines) is 1. The zero-order valence-electron chi connectivity index (χ0n) is 14.2. The van der Waals surface area contributed by atoms with Gasteiger partial charge in [0.1, 0.15) is 0 Å². The first-order valence-corrected chi connectivity index (χ1v) is 8.69. The van der Waals surface area contributed by atoms with Gasteiger partial charge in [0.25, 0.3) is 0 Å². The fraction of sp³-hybridized carbons (Fsp3) is 0.941. The van der Waals surface area contributed by atoms with Crippen molar-refractivity contribution in [2.24, 2.45) is 5.92 Å². The molecule has 21 heavy (non-hydrogen) atoms. The molecule has 1 amide bonds. The highest BCUT2D eigenvalue weighted by molar-refractivity contribution is 5.77. The number of piperidine rings is 1. The van der Waals surface area contributed by atoms with Gasteiger partial charge in [-0.1, -0.05) is 0 Å². The summed E-state index contributed by atoms with van der Waals surface area (Å²) in [5.74, 6) is 1.24. The van der Waals surface area contributed by atoms with Crippen LogP contribution in [0.4, 0.5) is 0 Å². The molecule has 1 saturated heterocycles. The summed E-state index contributed by atoms with van der Waals surface area (Å²) in [5, 5.41) is 0. The van der Waals surface area contributed by atoms with E-state index in [4.69, 9.17) is 0 Å². The lowest BCUT2D eigenvalue weighted by Crippen LogP contribution is -2.45. The van der Waals surface area contributed by atoms with Crippen LogP contribution in [0.15, 0.2) is 0 Å². The molecule has 0 atom stereocenters. The molecule has 0 N–H and O–H groups in total. The van der Waals surface area contributed by atoms with Crippen molar-refractivity contribution in [3.05, 3.63) is 0 Å². The van der Waals surface area contributed by atoms with Gasteiger partial charge in [0.2, 0.25) is 5.91 Å².